The van der Waals surface area contributed by atoms with Crippen LogP contribution in [0, 0.1) is 0 Å². The van der Waals surface area contributed by atoms with Gasteiger partial charge in [0.05, 0.1) is 32.3 Å². The molecule has 1 aromatic heterocycles. The van der Waals surface area contributed by atoms with Crippen molar-refractivity contribution in [2.45, 2.75) is 13.0 Å². The van der Waals surface area contributed by atoms with Crippen LogP contribution < -0.4 is 20.5 Å². The minimum absolute atomic E-state index is 0. The number of hydrogen-bond acceptors (Lipinski definition) is 4. The smallest absolute Gasteiger partial charge is 0.193 e. The Morgan fingerprint density at radius 1 is 1.18 bits per heavy atom. The molecular formula is C15H18IN3O3. The number of nitrogens with zero attached hydrogens (tertiary/aromatic N) is 1. The minimum Gasteiger partial charge on any atom is -0.490 e. The SMILES string of the molecule is I.NC(=NCc1ccoc1)Nc1ccc2c(c1)OCCCO2. The number of fused-ring (bicyclic) bond motifs is 1. The van der Waals surface area contributed by atoms with Crippen LogP contribution in [0.4, 0.5) is 5.69 Å². The molecule has 0 amide bonds. The van der Waals surface area contributed by atoms with Gasteiger partial charge in [-0.3, -0.25) is 0 Å². The van der Waals surface area contributed by atoms with Crippen molar-refractivity contribution >= 4 is 35.6 Å². The highest BCUT2D eigenvalue weighted by Gasteiger charge is 2.10. The van der Waals surface area contributed by atoms with Crippen molar-refractivity contribution < 1.29 is 13.9 Å². The molecule has 0 atom stereocenters. The van der Waals surface area contributed by atoms with Crippen molar-refractivity contribution in [1.29, 1.82) is 0 Å². The molecule has 0 saturated carbocycles. The summed E-state index contributed by atoms with van der Waals surface area (Å²) in [6, 6.07) is 7.46. The predicted octanol–water partition coefficient (Wildman–Crippen LogP) is 2.99. The third-order valence-electron chi connectivity index (χ3n) is 3.03. The molecular weight excluding hydrogens is 397 g/mol. The van der Waals surface area contributed by atoms with E-state index in [4.69, 9.17) is 19.6 Å². The molecule has 3 rings (SSSR count). The number of nitrogens with two attached hydrogens (primary N) is 1. The Morgan fingerprint density at radius 2 is 2.00 bits per heavy atom. The molecule has 0 bridgehead atoms. The number of aliphatic imine (C=N–C) groups is 1. The molecule has 2 heterocycles. The summed E-state index contributed by atoms with van der Waals surface area (Å²) in [6.07, 6.45) is 4.13. The topological polar surface area (TPSA) is 82.0 Å². The Bertz CT molecular complexity index is 629. The maximum Gasteiger partial charge on any atom is 0.193 e. The number of furan rings is 1. The molecule has 0 fully saturated rings. The average Bonchev–Trinajstić information content (AvgIpc) is 2.90. The van der Waals surface area contributed by atoms with Crippen LogP contribution in [0.5, 0.6) is 11.5 Å². The van der Waals surface area contributed by atoms with Crippen LogP contribution in [0.3, 0.4) is 0 Å². The Morgan fingerprint density at radius 3 is 2.77 bits per heavy atom. The largest absolute Gasteiger partial charge is 0.490 e. The highest BCUT2D eigenvalue weighted by Crippen LogP contribution is 2.32. The lowest BCUT2D eigenvalue weighted by Gasteiger charge is -2.10. The van der Waals surface area contributed by atoms with E-state index in [-0.39, 0.29) is 24.0 Å². The van der Waals surface area contributed by atoms with Gasteiger partial charge in [-0.1, -0.05) is 0 Å². The van der Waals surface area contributed by atoms with E-state index in [0.717, 1.165) is 29.2 Å². The van der Waals surface area contributed by atoms with E-state index in [9.17, 15) is 0 Å². The number of halogens is 1. The predicted molar refractivity (Wildman–Crippen MR) is 95.1 cm³/mol. The molecule has 118 valence electrons. The molecule has 6 nitrogen and oxygen atoms in total. The molecule has 7 heteroatoms. The van der Waals surface area contributed by atoms with E-state index in [1.807, 2.05) is 24.3 Å². The Hall–Kier alpha value is -1.90. The number of ether oxygens (including phenoxy) is 2. The number of guanidine groups is 1. The van der Waals surface area contributed by atoms with Gasteiger partial charge in [0.1, 0.15) is 0 Å². The Labute approximate surface area is 145 Å². The molecule has 0 aliphatic carbocycles. The highest BCUT2D eigenvalue weighted by atomic mass is 127. The van der Waals surface area contributed by atoms with Gasteiger partial charge in [0.15, 0.2) is 17.5 Å². The van der Waals surface area contributed by atoms with Crippen LogP contribution in [0.15, 0.2) is 46.2 Å². The minimum atomic E-state index is 0. The second-order valence-corrected chi connectivity index (χ2v) is 4.67. The first-order valence-electron chi connectivity index (χ1n) is 6.79. The summed E-state index contributed by atoms with van der Waals surface area (Å²) >= 11 is 0. The molecule has 3 N–H and O–H groups in total. The molecule has 1 aromatic carbocycles. The number of benzene rings is 1. The van der Waals surface area contributed by atoms with Crippen LogP contribution in [0.1, 0.15) is 12.0 Å². The summed E-state index contributed by atoms with van der Waals surface area (Å²) in [7, 11) is 0. The van der Waals surface area contributed by atoms with Crippen LogP contribution in [0.25, 0.3) is 0 Å². The van der Waals surface area contributed by atoms with Crippen molar-refractivity contribution in [3.05, 3.63) is 42.4 Å². The number of anilines is 1. The molecule has 0 radical (unpaired) electrons. The normalized spacial score (nSPS) is 13.9. The standard InChI is InChI=1S/C15H17N3O3.HI/c16-15(17-9-11-4-7-19-10-11)18-12-2-3-13-14(8-12)21-6-1-5-20-13;/h2-4,7-8,10H,1,5-6,9H2,(H3,16,17,18);1H. The maximum atomic E-state index is 5.87. The van der Waals surface area contributed by atoms with Gasteiger partial charge in [-0.25, -0.2) is 4.99 Å². The molecule has 0 saturated heterocycles. The second-order valence-electron chi connectivity index (χ2n) is 4.67. The molecule has 22 heavy (non-hydrogen) atoms. The fourth-order valence-corrected chi connectivity index (χ4v) is 1.99. The summed E-state index contributed by atoms with van der Waals surface area (Å²) in [4.78, 5) is 4.24. The van der Waals surface area contributed by atoms with Gasteiger partial charge in [-0.05, 0) is 18.2 Å². The van der Waals surface area contributed by atoms with E-state index in [1.54, 1.807) is 12.5 Å². The molecule has 0 spiro atoms. The Kier molecular flexibility index (Phi) is 5.93. The van der Waals surface area contributed by atoms with Gasteiger partial charge in [0.2, 0.25) is 0 Å². The van der Waals surface area contributed by atoms with Crippen LogP contribution in [0.2, 0.25) is 0 Å². The number of hydrogen-bond donors (Lipinski definition) is 2. The summed E-state index contributed by atoms with van der Waals surface area (Å²) in [6.45, 7) is 1.80. The van der Waals surface area contributed by atoms with Gasteiger partial charge < -0.3 is 24.9 Å². The highest BCUT2D eigenvalue weighted by molar-refractivity contribution is 14.0. The summed E-state index contributed by atoms with van der Waals surface area (Å²) in [5.41, 5.74) is 7.65. The monoisotopic (exact) mass is 415 g/mol. The van der Waals surface area contributed by atoms with Crippen molar-refractivity contribution in [3.63, 3.8) is 0 Å². The van der Waals surface area contributed by atoms with E-state index in [0.29, 0.717) is 25.7 Å². The van der Waals surface area contributed by atoms with Gasteiger partial charge in [-0.15, -0.1) is 24.0 Å². The van der Waals surface area contributed by atoms with Crippen LogP contribution in [-0.4, -0.2) is 19.2 Å². The molecule has 1 aliphatic heterocycles. The van der Waals surface area contributed by atoms with Crippen molar-refractivity contribution in [2.75, 3.05) is 18.5 Å². The Balaban J connectivity index is 0.00000176. The van der Waals surface area contributed by atoms with E-state index < -0.39 is 0 Å². The first-order chi connectivity index (χ1) is 10.3. The van der Waals surface area contributed by atoms with Crippen molar-refractivity contribution in [3.8, 4) is 11.5 Å². The zero-order chi connectivity index (χ0) is 14.5. The quantitative estimate of drug-likeness (QED) is 0.458. The van der Waals surface area contributed by atoms with Crippen molar-refractivity contribution in [2.24, 2.45) is 10.7 Å². The van der Waals surface area contributed by atoms with Crippen LogP contribution in [-0.2, 0) is 6.54 Å². The molecule has 2 aromatic rings. The van der Waals surface area contributed by atoms with Gasteiger partial charge in [0.25, 0.3) is 0 Å². The van der Waals surface area contributed by atoms with Crippen LogP contribution >= 0.6 is 24.0 Å². The molecule has 1 aliphatic rings. The summed E-state index contributed by atoms with van der Waals surface area (Å²) in [5.74, 6) is 1.82. The first-order valence-corrected chi connectivity index (χ1v) is 6.79. The third kappa shape index (κ3) is 4.30. The summed E-state index contributed by atoms with van der Waals surface area (Å²) in [5, 5.41) is 3.04. The molecule has 0 unspecified atom stereocenters. The van der Waals surface area contributed by atoms with E-state index in [1.165, 1.54) is 0 Å². The lowest BCUT2D eigenvalue weighted by atomic mass is 10.3. The van der Waals surface area contributed by atoms with E-state index in [2.05, 4.69) is 10.3 Å². The summed E-state index contributed by atoms with van der Waals surface area (Å²) < 4.78 is 16.2. The number of rotatable bonds is 3. The fourth-order valence-electron chi connectivity index (χ4n) is 1.99. The van der Waals surface area contributed by atoms with Crippen molar-refractivity contribution in [1.82, 2.24) is 0 Å². The fraction of sp³-hybridized carbons (Fsp3) is 0.267. The first kappa shape index (κ1) is 16.5. The zero-order valence-corrected chi connectivity index (χ0v) is 14.3. The number of nitrogens with one attached hydrogen (secondary N) is 1. The van der Waals surface area contributed by atoms with Gasteiger partial charge >= 0.3 is 0 Å². The lowest BCUT2D eigenvalue weighted by Crippen LogP contribution is -2.22. The van der Waals surface area contributed by atoms with Gasteiger partial charge in [0, 0.05) is 23.7 Å². The maximum absolute atomic E-state index is 5.87. The van der Waals surface area contributed by atoms with Gasteiger partial charge in [-0.2, -0.15) is 0 Å². The van der Waals surface area contributed by atoms with E-state index >= 15 is 0 Å². The second kappa shape index (κ2) is 7.92. The third-order valence-corrected chi connectivity index (χ3v) is 3.03. The lowest BCUT2D eigenvalue weighted by molar-refractivity contribution is 0.297. The average molecular weight is 415 g/mol. The zero-order valence-electron chi connectivity index (χ0n) is 12.0.